The van der Waals surface area contributed by atoms with E-state index in [2.05, 4.69) is 29.2 Å². The van der Waals surface area contributed by atoms with Crippen molar-refractivity contribution >= 4 is 23.5 Å². The van der Waals surface area contributed by atoms with Gasteiger partial charge in [0, 0.05) is 44.1 Å². The standard InChI is InChI=1S/C26H36N2O4/c29-21-7-3-1-5-19-27(20-6-2-4-8-22-30)25-15-11-23(12-16-25)9-10-24-13-17-26(18-14-24)28(31)32/h9-18,29-30H,1-8,19-22H2/b10-9+. The molecule has 0 heterocycles. The first-order valence-electron chi connectivity index (χ1n) is 11.6. The number of aliphatic hydroxyl groups is 2. The van der Waals surface area contributed by atoms with Crippen molar-refractivity contribution in [3.05, 3.63) is 69.8 Å². The van der Waals surface area contributed by atoms with Crippen LogP contribution in [0.25, 0.3) is 12.2 Å². The van der Waals surface area contributed by atoms with Crippen LogP contribution in [-0.4, -0.2) is 41.4 Å². The van der Waals surface area contributed by atoms with Gasteiger partial charge < -0.3 is 15.1 Å². The first kappa shape index (κ1) is 25.6. The van der Waals surface area contributed by atoms with Crippen LogP contribution in [0.5, 0.6) is 0 Å². The largest absolute Gasteiger partial charge is 0.396 e. The van der Waals surface area contributed by atoms with Crippen LogP contribution >= 0.6 is 0 Å². The van der Waals surface area contributed by atoms with E-state index in [-0.39, 0.29) is 18.9 Å². The molecule has 0 atom stereocenters. The summed E-state index contributed by atoms with van der Waals surface area (Å²) in [5.74, 6) is 0. The molecule has 0 aliphatic heterocycles. The summed E-state index contributed by atoms with van der Waals surface area (Å²) in [5, 5.41) is 28.7. The maximum atomic E-state index is 10.8. The fourth-order valence-corrected chi connectivity index (χ4v) is 3.60. The normalized spacial score (nSPS) is 11.2. The maximum absolute atomic E-state index is 10.8. The van der Waals surface area contributed by atoms with Crippen LogP contribution in [-0.2, 0) is 0 Å². The Balaban J connectivity index is 1.95. The zero-order valence-electron chi connectivity index (χ0n) is 18.9. The first-order valence-corrected chi connectivity index (χ1v) is 11.6. The summed E-state index contributed by atoms with van der Waals surface area (Å²) < 4.78 is 0. The van der Waals surface area contributed by atoms with Crippen LogP contribution in [0.1, 0.15) is 62.5 Å². The highest BCUT2D eigenvalue weighted by Gasteiger charge is 2.07. The summed E-state index contributed by atoms with van der Waals surface area (Å²) in [7, 11) is 0. The third-order valence-electron chi connectivity index (χ3n) is 5.50. The molecule has 0 amide bonds. The number of benzene rings is 2. The fourth-order valence-electron chi connectivity index (χ4n) is 3.60. The van der Waals surface area contributed by atoms with Gasteiger partial charge in [0.2, 0.25) is 0 Å². The quantitative estimate of drug-likeness (QED) is 0.152. The third kappa shape index (κ3) is 9.62. The van der Waals surface area contributed by atoms with E-state index in [9.17, 15) is 10.1 Å². The van der Waals surface area contributed by atoms with Crippen molar-refractivity contribution in [3.63, 3.8) is 0 Å². The molecule has 2 rings (SSSR count). The second-order valence-electron chi connectivity index (χ2n) is 8.04. The van der Waals surface area contributed by atoms with Gasteiger partial charge in [0.15, 0.2) is 0 Å². The molecule has 0 bridgehead atoms. The minimum absolute atomic E-state index is 0.0966. The molecular formula is C26H36N2O4. The van der Waals surface area contributed by atoms with E-state index in [1.54, 1.807) is 12.1 Å². The molecule has 0 saturated carbocycles. The van der Waals surface area contributed by atoms with E-state index >= 15 is 0 Å². The molecule has 32 heavy (non-hydrogen) atoms. The predicted molar refractivity (Wildman–Crippen MR) is 132 cm³/mol. The van der Waals surface area contributed by atoms with Crippen LogP contribution in [0.3, 0.4) is 0 Å². The van der Waals surface area contributed by atoms with Gasteiger partial charge in [0.1, 0.15) is 0 Å². The Morgan fingerprint density at radius 1 is 0.688 bits per heavy atom. The number of non-ortho nitro benzene ring substituents is 1. The molecule has 6 heteroatoms. The molecule has 2 aromatic rings. The lowest BCUT2D eigenvalue weighted by Gasteiger charge is -2.25. The van der Waals surface area contributed by atoms with Crippen LogP contribution in [0.2, 0.25) is 0 Å². The fraction of sp³-hybridized carbons (Fsp3) is 0.462. The summed E-state index contributed by atoms with van der Waals surface area (Å²) in [6.07, 6.45) is 12.3. The number of nitro groups is 1. The van der Waals surface area contributed by atoms with Crippen molar-refractivity contribution in [2.45, 2.75) is 51.4 Å². The Kier molecular flexibility index (Phi) is 12.1. The SMILES string of the molecule is O=[N+]([O-])c1ccc(/C=C/c2ccc(N(CCCCCCO)CCCCCCO)cc2)cc1. The van der Waals surface area contributed by atoms with Crippen LogP contribution in [0.15, 0.2) is 48.5 Å². The monoisotopic (exact) mass is 440 g/mol. The van der Waals surface area contributed by atoms with Gasteiger partial charge in [0.25, 0.3) is 5.69 Å². The number of aliphatic hydroxyl groups excluding tert-OH is 2. The Bertz CT molecular complexity index is 790. The number of rotatable bonds is 16. The average Bonchev–Trinajstić information content (AvgIpc) is 2.82. The molecule has 0 fully saturated rings. The van der Waals surface area contributed by atoms with Crippen LogP contribution < -0.4 is 4.90 Å². The Hall–Kier alpha value is -2.70. The molecule has 0 radical (unpaired) electrons. The molecule has 6 nitrogen and oxygen atoms in total. The molecular weight excluding hydrogens is 404 g/mol. The van der Waals surface area contributed by atoms with Gasteiger partial charge in [-0.25, -0.2) is 0 Å². The van der Waals surface area contributed by atoms with Gasteiger partial charge in [0.05, 0.1) is 4.92 Å². The van der Waals surface area contributed by atoms with E-state index in [1.807, 2.05) is 12.2 Å². The highest BCUT2D eigenvalue weighted by molar-refractivity contribution is 5.71. The minimum atomic E-state index is -0.392. The average molecular weight is 441 g/mol. The molecule has 0 aromatic heterocycles. The number of anilines is 1. The minimum Gasteiger partial charge on any atom is -0.396 e. The molecule has 2 aromatic carbocycles. The van der Waals surface area contributed by atoms with Crippen molar-refractivity contribution < 1.29 is 15.1 Å². The Morgan fingerprint density at radius 2 is 1.12 bits per heavy atom. The van der Waals surface area contributed by atoms with E-state index in [0.29, 0.717) is 0 Å². The van der Waals surface area contributed by atoms with Gasteiger partial charge in [-0.05, 0) is 61.1 Å². The molecule has 174 valence electrons. The van der Waals surface area contributed by atoms with E-state index in [0.717, 1.165) is 75.6 Å². The van der Waals surface area contributed by atoms with Crippen LogP contribution in [0.4, 0.5) is 11.4 Å². The number of unbranched alkanes of at least 4 members (excludes halogenated alkanes) is 6. The van der Waals surface area contributed by atoms with Gasteiger partial charge in [-0.2, -0.15) is 0 Å². The van der Waals surface area contributed by atoms with Gasteiger partial charge in [-0.1, -0.05) is 50.0 Å². The van der Waals surface area contributed by atoms with Gasteiger partial charge in [-0.3, -0.25) is 10.1 Å². The molecule has 0 unspecified atom stereocenters. The molecule has 0 spiro atoms. The third-order valence-corrected chi connectivity index (χ3v) is 5.50. The summed E-state index contributed by atoms with van der Waals surface area (Å²) in [5.41, 5.74) is 3.31. The van der Waals surface area contributed by atoms with Crippen molar-refractivity contribution in [2.24, 2.45) is 0 Å². The maximum Gasteiger partial charge on any atom is 0.269 e. The second-order valence-corrected chi connectivity index (χ2v) is 8.04. The first-order chi connectivity index (χ1) is 15.6. The highest BCUT2D eigenvalue weighted by Crippen LogP contribution is 2.20. The topological polar surface area (TPSA) is 86.8 Å². The molecule has 0 aliphatic carbocycles. The Morgan fingerprint density at radius 3 is 1.56 bits per heavy atom. The number of hydrogen-bond donors (Lipinski definition) is 2. The van der Waals surface area contributed by atoms with E-state index in [1.165, 1.54) is 17.8 Å². The molecule has 2 N–H and O–H groups in total. The second kappa shape index (κ2) is 15.2. The van der Waals surface area contributed by atoms with Crippen molar-refractivity contribution in [1.29, 1.82) is 0 Å². The molecule has 0 aliphatic rings. The summed E-state index contributed by atoms with van der Waals surface area (Å²) >= 11 is 0. The summed E-state index contributed by atoms with van der Waals surface area (Å²) in [4.78, 5) is 12.8. The van der Waals surface area contributed by atoms with Gasteiger partial charge >= 0.3 is 0 Å². The number of hydrogen-bond acceptors (Lipinski definition) is 5. The smallest absolute Gasteiger partial charge is 0.269 e. The Labute approximate surface area is 191 Å². The molecule has 0 saturated heterocycles. The zero-order chi connectivity index (χ0) is 23.0. The van der Waals surface area contributed by atoms with E-state index < -0.39 is 4.92 Å². The van der Waals surface area contributed by atoms with Crippen molar-refractivity contribution in [2.75, 3.05) is 31.2 Å². The number of nitrogens with zero attached hydrogens (tertiary/aromatic N) is 2. The zero-order valence-corrected chi connectivity index (χ0v) is 18.9. The van der Waals surface area contributed by atoms with Crippen molar-refractivity contribution in [1.82, 2.24) is 0 Å². The predicted octanol–water partition coefficient (Wildman–Crippen LogP) is 5.68. The highest BCUT2D eigenvalue weighted by atomic mass is 16.6. The van der Waals surface area contributed by atoms with Crippen LogP contribution in [0, 0.1) is 10.1 Å². The van der Waals surface area contributed by atoms with E-state index in [4.69, 9.17) is 10.2 Å². The lowest BCUT2D eigenvalue weighted by molar-refractivity contribution is -0.384. The number of nitro benzene ring substituents is 1. The summed E-state index contributed by atoms with van der Waals surface area (Å²) in [6.45, 7) is 2.54. The lowest BCUT2D eigenvalue weighted by atomic mass is 10.1. The van der Waals surface area contributed by atoms with Gasteiger partial charge in [-0.15, -0.1) is 0 Å². The summed E-state index contributed by atoms with van der Waals surface area (Å²) in [6, 6.07) is 15.0. The lowest BCUT2D eigenvalue weighted by Crippen LogP contribution is -2.25. The van der Waals surface area contributed by atoms with Crippen molar-refractivity contribution in [3.8, 4) is 0 Å².